The normalized spacial score (nSPS) is 13.7. The van der Waals surface area contributed by atoms with Crippen LogP contribution in [-0.2, 0) is 9.59 Å². The van der Waals surface area contributed by atoms with E-state index in [0.717, 1.165) is 5.56 Å². The number of carbonyl (C=O) groups excluding carboxylic acids is 2. The molecule has 1 aromatic rings. The lowest BCUT2D eigenvalue weighted by Crippen LogP contribution is -2.49. The first-order valence-corrected chi connectivity index (χ1v) is 6.39. The van der Waals surface area contributed by atoms with E-state index < -0.39 is 6.04 Å². The summed E-state index contributed by atoms with van der Waals surface area (Å²) in [7, 11) is 0. The van der Waals surface area contributed by atoms with Crippen molar-refractivity contribution in [3.8, 4) is 0 Å². The van der Waals surface area contributed by atoms with Crippen molar-refractivity contribution < 1.29 is 9.59 Å². The number of hydrogen-bond donors (Lipinski definition) is 2. The SMILES string of the molecule is CC(=O)NC(C(=O)NC(C)c1ccncc1)C(C)C. The van der Waals surface area contributed by atoms with Gasteiger partial charge in [0.05, 0.1) is 6.04 Å². The van der Waals surface area contributed by atoms with Crippen molar-refractivity contribution in [3.63, 3.8) is 0 Å². The minimum absolute atomic E-state index is 0.0357. The minimum atomic E-state index is -0.512. The summed E-state index contributed by atoms with van der Waals surface area (Å²) < 4.78 is 0. The molecule has 5 nitrogen and oxygen atoms in total. The van der Waals surface area contributed by atoms with Gasteiger partial charge in [0.2, 0.25) is 11.8 Å². The van der Waals surface area contributed by atoms with Gasteiger partial charge >= 0.3 is 0 Å². The van der Waals surface area contributed by atoms with Crippen molar-refractivity contribution in [2.75, 3.05) is 0 Å². The quantitative estimate of drug-likeness (QED) is 0.844. The maximum Gasteiger partial charge on any atom is 0.243 e. The maximum atomic E-state index is 12.2. The third kappa shape index (κ3) is 4.69. The van der Waals surface area contributed by atoms with Crippen LogP contribution < -0.4 is 10.6 Å². The topological polar surface area (TPSA) is 71.1 Å². The summed E-state index contributed by atoms with van der Waals surface area (Å²) >= 11 is 0. The molecule has 1 rings (SSSR count). The van der Waals surface area contributed by atoms with E-state index in [-0.39, 0.29) is 23.8 Å². The molecule has 0 saturated carbocycles. The molecule has 19 heavy (non-hydrogen) atoms. The number of aromatic nitrogens is 1. The van der Waals surface area contributed by atoms with Crippen molar-refractivity contribution in [3.05, 3.63) is 30.1 Å². The van der Waals surface area contributed by atoms with Gasteiger partial charge in [0.1, 0.15) is 6.04 Å². The summed E-state index contributed by atoms with van der Waals surface area (Å²) in [6.07, 6.45) is 3.37. The first kappa shape index (κ1) is 15.1. The van der Waals surface area contributed by atoms with Crippen LogP contribution in [0.4, 0.5) is 0 Å². The summed E-state index contributed by atoms with van der Waals surface area (Å²) in [6, 6.07) is 3.08. The van der Waals surface area contributed by atoms with Gasteiger partial charge in [-0.25, -0.2) is 0 Å². The molecule has 0 radical (unpaired) electrons. The van der Waals surface area contributed by atoms with Crippen LogP contribution in [0.25, 0.3) is 0 Å². The number of nitrogens with zero attached hydrogens (tertiary/aromatic N) is 1. The van der Waals surface area contributed by atoms with E-state index in [1.54, 1.807) is 12.4 Å². The third-order valence-corrected chi connectivity index (χ3v) is 2.87. The van der Waals surface area contributed by atoms with Crippen LogP contribution in [0.1, 0.15) is 39.3 Å². The Morgan fingerprint density at radius 2 is 1.68 bits per heavy atom. The van der Waals surface area contributed by atoms with Gasteiger partial charge in [-0.05, 0) is 30.5 Å². The zero-order valence-corrected chi connectivity index (χ0v) is 11.8. The highest BCUT2D eigenvalue weighted by Gasteiger charge is 2.24. The van der Waals surface area contributed by atoms with E-state index in [4.69, 9.17) is 0 Å². The molecule has 2 unspecified atom stereocenters. The molecule has 1 heterocycles. The zero-order chi connectivity index (χ0) is 14.4. The number of carbonyl (C=O) groups is 2. The number of amides is 2. The second-order valence-electron chi connectivity index (χ2n) is 4.93. The monoisotopic (exact) mass is 263 g/mol. The Kier molecular flexibility index (Phi) is 5.48. The Hall–Kier alpha value is -1.91. The van der Waals surface area contributed by atoms with Crippen molar-refractivity contribution in [1.29, 1.82) is 0 Å². The van der Waals surface area contributed by atoms with Crippen molar-refractivity contribution in [2.24, 2.45) is 5.92 Å². The molecule has 0 aliphatic carbocycles. The van der Waals surface area contributed by atoms with Crippen LogP contribution in [-0.4, -0.2) is 22.8 Å². The Balaban J connectivity index is 2.69. The van der Waals surface area contributed by atoms with E-state index >= 15 is 0 Å². The molecule has 2 amide bonds. The van der Waals surface area contributed by atoms with Gasteiger partial charge in [-0.2, -0.15) is 0 Å². The van der Waals surface area contributed by atoms with Crippen LogP contribution in [0.3, 0.4) is 0 Å². The summed E-state index contributed by atoms with van der Waals surface area (Å²) in [4.78, 5) is 27.2. The van der Waals surface area contributed by atoms with E-state index in [9.17, 15) is 9.59 Å². The highest BCUT2D eigenvalue weighted by atomic mass is 16.2. The van der Waals surface area contributed by atoms with Crippen LogP contribution in [0.15, 0.2) is 24.5 Å². The summed E-state index contributed by atoms with van der Waals surface area (Å²) in [5.41, 5.74) is 0.980. The fourth-order valence-electron chi connectivity index (χ4n) is 1.79. The summed E-state index contributed by atoms with van der Waals surface area (Å²) in [5, 5.41) is 5.57. The van der Waals surface area contributed by atoms with Crippen molar-refractivity contribution in [2.45, 2.75) is 39.8 Å². The lowest BCUT2D eigenvalue weighted by atomic mass is 10.0. The number of rotatable bonds is 5. The minimum Gasteiger partial charge on any atom is -0.348 e. The standard InChI is InChI=1S/C14H21N3O2/c1-9(2)13(17-11(4)18)14(19)16-10(3)12-5-7-15-8-6-12/h5-10,13H,1-4H3,(H,16,19)(H,17,18). The van der Waals surface area contributed by atoms with Gasteiger partial charge in [0.25, 0.3) is 0 Å². The van der Waals surface area contributed by atoms with Gasteiger partial charge in [0, 0.05) is 19.3 Å². The second kappa shape index (κ2) is 6.87. The van der Waals surface area contributed by atoms with Crippen molar-refractivity contribution in [1.82, 2.24) is 15.6 Å². The molecular formula is C14H21N3O2. The fourth-order valence-corrected chi connectivity index (χ4v) is 1.79. The van der Waals surface area contributed by atoms with Crippen LogP contribution in [0.2, 0.25) is 0 Å². The molecule has 5 heteroatoms. The molecule has 0 saturated heterocycles. The molecule has 0 spiro atoms. The Morgan fingerprint density at radius 3 is 2.16 bits per heavy atom. The molecule has 0 aliphatic rings. The average Bonchev–Trinajstić information content (AvgIpc) is 2.36. The largest absolute Gasteiger partial charge is 0.348 e. The molecule has 104 valence electrons. The van der Waals surface area contributed by atoms with Gasteiger partial charge in [-0.3, -0.25) is 14.6 Å². The average molecular weight is 263 g/mol. The Morgan fingerprint density at radius 1 is 1.11 bits per heavy atom. The predicted octanol–water partition coefficient (Wildman–Crippen LogP) is 1.42. The number of nitrogens with one attached hydrogen (secondary N) is 2. The van der Waals surface area contributed by atoms with Crippen molar-refractivity contribution >= 4 is 11.8 Å². The predicted molar refractivity (Wildman–Crippen MR) is 73.2 cm³/mol. The molecule has 1 aromatic heterocycles. The smallest absolute Gasteiger partial charge is 0.243 e. The van der Waals surface area contributed by atoms with Crippen LogP contribution >= 0.6 is 0 Å². The van der Waals surface area contributed by atoms with Gasteiger partial charge in [-0.1, -0.05) is 13.8 Å². The highest BCUT2D eigenvalue weighted by molar-refractivity contribution is 5.87. The molecule has 2 N–H and O–H groups in total. The second-order valence-corrected chi connectivity index (χ2v) is 4.93. The van der Waals surface area contributed by atoms with E-state index in [0.29, 0.717) is 0 Å². The lowest BCUT2D eigenvalue weighted by Gasteiger charge is -2.23. The lowest BCUT2D eigenvalue weighted by molar-refractivity contribution is -0.129. The first-order chi connectivity index (χ1) is 8.91. The Labute approximate surface area is 113 Å². The molecular weight excluding hydrogens is 242 g/mol. The van der Waals surface area contributed by atoms with Gasteiger partial charge in [0.15, 0.2) is 0 Å². The molecule has 0 aromatic carbocycles. The number of hydrogen-bond acceptors (Lipinski definition) is 3. The molecule has 0 bridgehead atoms. The van der Waals surface area contributed by atoms with E-state index in [2.05, 4.69) is 15.6 Å². The maximum absolute atomic E-state index is 12.2. The number of pyridine rings is 1. The summed E-state index contributed by atoms with van der Waals surface area (Å²) in [5.74, 6) is -0.339. The zero-order valence-electron chi connectivity index (χ0n) is 11.8. The van der Waals surface area contributed by atoms with Crippen LogP contribution in [0, 0.1) is 5.92 Å². The summed E-state index contributed by atoms with van der Waals surface area (Å²) in [6.45, 7) is 7.11. The van der Waals surface area contributed by atoms with Crippen LogP contribution in [0.5, 0.6) is 0 Å². The van der Waals surface area contributed by atoms with Gasteiger partial charge < -0.3 is 10.6 Å². The van der Waals surface area contributed by atoms with E-state index in [1.807, 2.05) is 32.9 Å². The third-order valence-electron chi connectivity index (χ3n) is 2.87. The first-order valence-electron chi connectivity index (χ1n) is 6.39. The molecule has 2 atom stereocenters. The van der Waals surface area contributed by atoms with E-state index in [1.165, 1.54) is 6.92 Å². The Bertz CT molecular complexity index is 432. The molecule has 0 aliphatic heterocycles. The van der Waals surface area contributed by atoms with Gasteiger partial charge in [-0.15, -0.1) is 0 Å². The fraction of sp³-hybridized carbons (Fsp3) is 0.500. The highest BCUT2D eigenvalue weighted by Crippen LogP contribution is 2.11. The molecule has 0 fully saturated rings.